The molecule has 6 nitrogen and oxygen atoms in total. The average molecular weight is 407 g/mol. The van der Waals surface area contributed by atoms with E-state index < -0.39 is 11.6 Å². The molecule has 2 aromatic heterocycles. The Bertz CT molecular complexity index is 1110. The van der Waals surface area contributed by atoms with E-state index in [9.17, 15) is 13.6 Å². The molecule has 0 radical (unpaired) electrons. The number of benzene rings is 1. The number of amides is 1. The minimum atomic E-state index is -0.744. The number of nitrogens with zero attached hydrogens (tertiary/aromatic N) is 4. The highest BCUT2D eigenvalue weighted by molar-refractivity contribution is 5.99. The number of fused-ring (bicyclic) bond motifs is 1. The fourth-order valence-corrected chi connectivity index (χ4v) is 4.01. The molecule has 8 heteroatoms. The summed E-state index contributed by atoms with van der Waals surface area (Å²) in [5, 5.41) is 2.71. The summed E-state index contributed by atoms with van der Waals surface area (Å²) in [4.78, 5) is 27.8. The molecule has 0 spiro atoms. The monoisotopic (exact) mass is 407 g/mol. The fourth-order valence-electron chi connectivity index (χ4n) is 4.01. The lowest BCUT2D eigenvalue weighted by Crippen LogP contribution is -2.18. The van der Waals surface area contributed by atoms with Crippen molar-refractivity contribution >= 4 is 11.6 Å². The van der Waals surface area contributed by atoms with Gasteiger partial charge in [-0.05, 0) is 37.1 Å². The molecule has 1 fully saturated rings. The van der Waals surface area contributed by atoms with Crippen molar-refractivity contribution in [3.8, 4) is 11.4 Å². The van der Waals surface area contributed by atoms with Crippen LogP contribution in [-0.4, -0.2) is 33.9 Å². The van der Waals surface area contributed by atoms with E-state index in [-0.39, 0.29) is 30.3 Å². The Morgan fingerprint density at radius 1 is 1.00 bits per heavy atom. The summed E-state index contributed by atoms with van der Waals surface area (Å²) in [5.74, 6) is -1.84. The first-order valence-electron chi connectivity index (χ1n) is 9.92. The Hall–Kier alpha value is -3.42. The van der Waals surface area contributed by atoms with Gasteiger partial charge in [-0.15, -0.1) is 0 Å². The number of nitrogens with one attached hydrogen (secondary N) is 1. The summed E-state index contributed by atoms with van der Waals surface area (Å²) in [5.41, 5.74) is 2.71. The van der Waals surface area contributed by atoms with Crippen LogP contribution in [0.15, 0.2) is 36.5 Å². The van der Waals surface area contributed by atoms with Crippen LogP contribution in [0.5, 0.6) is 0 Å². The molecule has 4 heterocycles. The van der Waals surface area contributed by atoms with E-state index in [1.165, 1.54) is 18.9 Å². The van der Waals surface area contributed by atoms with Crippen LogP contribution in [0.25, 0.3) is 11.4 Å². The summed E-state index contributed by atoms with van der Waals surface area (Å²) in [6.45, 7) is 2.25. The van der Waals surface area contributed by atoms with Crippen molar-refractivity contribution in [2.24, 2.45) is 0 Å². The molecular formula is C22H19F2N5O. The van der Waals surface area contributed by atoms with E-state index in [1.54, 1.807) is 0 Å². The lowest BCUT2D eigenvalue weighted by molar-refractivity contribution is 0.0964. The first-order valence-corrected chi connectivity index (χ1v) is 9.92. The molecule has 2 aliphatic heterocycles. The molecule has 0 bridgehead atoms. The maximum absolute atomic E-state index is 14.3. The standard InChI is InChI=1S/C22H19F2N5O/c23-15-4-3-5-16(24)19(15)21-27-17(20-18(28-21)12-26-22(20)30)10-13-6-7-14(11-25-13)29-8-1-2-9-29/h3-7,11H,1-2,8-10,12H2,(H,26,30). The van der Waals surface area contributed by atoms with Gasteiger partial charge in [0.05, 0.1) is 40.9 Å². The number of pyridine rings is 1. The largest absolute Gasteiger partial charge is 0.370 e. The number of rotatable bonds is 4. The molecule has 0 unspecified atom stereocenters. The highest BCUT2D eigenvalue weighted by atomic mass is 19.1. The number of hydrogen-bond donors (Lipinski definition) is 1. The van der Waals surface area contributed by atoms with Gasteiger partial charge in [0.2, 0.25) is 0 Å². The number of aromatic nitrogens is 3. The molecule has 30 heavy (non-hydrogen) atoms. The second kappa shape index (κ2) is 7.44. The zero-order chi connectivity index (χ0) is 20.7. The molecule has 5 rings (SSSR count). The number of hydrogen-bond acceptors (Lipinski definition) is 5. The minimum absolute atomic E-state index is 0.0652. The van der Waals surface area contributed by atoms with E-state index in [2.05, 4.69) is 25.2 Å². The smallest absolute Gasteiger partial charge is 0.255 e. The Balaban J connectivity index is 1.53. The van der Waals surface area contributed by atoms with Crippen molar-refractivity contribution in [2.45, 2.75) is 25.8 Å². The van der Waals surface area contributed by atoms with Gasteiger partial charge in [-0.25, -0.2) is 18.7 Å². The fraction of sp³-hybridized carbons (Fsp3) is 0.273. The molecule has 0 aliphatic carbocycles. The van der Waals surface area contributed by atoms with Gasteiger partial charge in [0.25, 0.3) is 5.91 Å². The van der Waals surface area contributed by atoms with E-state index in [0.717, 1.165) is 36.6 Å². The molecule has 1 aromatic carbocycles. The highest BCUT2D eigenvalue weighted by Crippen LogP contribution is 2.28. The molecule has 0 saturated carbocycles. The first kappa shape index (κ1) is 18.6. The lowest BCUT2D eigenvalue weighted by atomic mass is 10.1. The van der Waals surface area contributed by atoms with Gasteiger partial charge in [-0.1, -0.05) is 6.07 Å². The molecule has 1 amide bonds. The average Bonchev–Trinajstić information content (AvgIpc) is 3.39. The van der Waals surface area contributed by atoms with Crippen molar-refractivity contribution in [1.82, 2.24) is 20.3 Å². The quantitative estimate of drug-likeness (QED) is 0.719. The van der Waals surface area contributed by atoms with Crippen molar-refractivity contribution in [1.29, 1.82) is 0 Å². The normalized spacial score (nSPS) is 15.4. The maximum atomic E-state index is 14.3. The van der Waals surface area contributed by atoms with Gasteiger partial charge in [-0.3, -0.25) is 9.78 Å². The third-order valence-electron chi connectivity index (χ3n) is 5.52. The van der Waals surface area contributed by atoms with Crippen LogP contribution in [0.1, 0.15) is 40.3 Å². The van der Waals surface area contributed by atoms with Crippen LogP contribution in [0.2, 0.25) is 0 Å². The predicted molar refractivity (Wildman–Crippen MR) is 107 cm³/mol. The number of anilines is 1. The van der Waals surface area contributed by atoms with Crippen LogP contribution in [0.3, 0.4) is 0 Å². The Kier molecular flexibility index (Phi) is 4.61. The van der Waals surface area contributed by atoms with Gasteiger partial charge in [0, 0.05) is 25.2 Å². The molecule has 0 atom stereocenters. The van der Waals surface area contributed by atoms with Crippen LogP contribution >= 0.6 is 0 Å². The highest BCUT2D eigenvalue weighted by Gasteiger charge is 2.28. The second-order valence-corrected chi connectivity index (χ2v) is 7.47. The Morgan fingerprint density at radius 2 is 1.77 bits per heavy atom. The third-order valence-corrected chi connectivity index (χ3v) is 5.52. The van der Waals surface area contributed by atoms with Crippen molar-refractivity contribution in [2.75, 3.05) is 18.0 Å². The van der Waals surface area contributed by atoms with Crippen LogP contribution in [0.4, 0.5) is 14.5 Å². The number of carbonyl (C=O) groups excluding carboxylic acids is 1. The van der Waals surface area contributed by atoms with Crippen molar-refractivity contribution in [3.05, 3.63) is 70.8 Å². The van der Waals surface area contributed by atoms with Crippen molar-refractivity contribution in [3.63, 3.8) is 0 Å². The van der Waals surface area contributed by atoms with Crippen LogP contribution in [-0.2, 0) is 13.0 Å². The Morgan fingerprint density at radius 3 is 2.47 bits per heavy atom. The summed E-state index contributed by atoms with van der Waals surface area (Å²) in [7, 11) is 0. The van der Waals surface area contributed by atoms with Gasteiger partial charge >= 0.3 is 0 Å². The van der Waals surface area contributed by atoms with Gasteiger partial charge < -0.3 is 10.2 Å². The molecule has 1 saturated heterocycles. The van der Waals surface area contributed by atoms with Gasteiger partial charge in [0.1, 0.15) is 11.6 Å². The van der Waals surface area contributed by atoms with E-state index >= 15 is 0 Å². The summed E-state index contributed by atoms with van der Waals surface area (Å²) in [6.07, 6.45) is 4.44. The maximum Gasteiger partial charge on any atom is 0.255 e. The summed E-state index contributed by atoms with van der Waals surface area (Å²) < 4.78 is 28.6. The molecule has 3 aromatic rings. The third kappa shape index (κ3) is 3.28. The van der Waals surface area contributed by atoms with E-state index in [0.29, 0.717) is 17.0 Å². The SMILES string of the molecule is O=C1NCc2nc(-c3c(F)cccc3F)nc(Cc3ccc(N4CCCC4)cn3)c21. The molecule has 152 valence electrons. The zero-order valence-corrected chi connectivity index (χ0v) is 16.2. The van der Waals surface area contributed by atoms with Gasteiger partial charge in [-0.2, -0.15) is 0 Å². The number of carbonyl (C=O) groups is 1. The summed E-state index contributed by atoms with van der Waals surface area (Å²) in [6, 6.07) is 7.53. The topological polar surface area (TPSA) is 71.0 Å². The second-order valence-electron chi connectivity index (χ2n) is 7.47. The van der Waals surface area contributed by atoms with E-state index in [4.69, 9.17) is 0 Å². The number of halogens is 2. The molecular weight excluding hydrogens is 388 g/mol. The predicted octanol–water partition coefficient (Wildman–Crippen LogP) is 3.25. The van der Waals surface area contributed by atoms with Crippen LogP contribution < -0.4 is 10.2 Å². The lowest BCUT2D eigenvalue weighted by Gasteiger charge is -2.17. The zero-order valence-electron chi connectivity index (χ0n) is 16.2. The minimum Gasteiger partial charge on any atom is -0.370 e. The van der Waals surface area contributed by atoms with Crippen molar-refractivity contribution < 1.29 is 13.6 Å². The van der Waals surface area contributed by atoms with E-state index in [1.807, 2.05) is 18.3 Å². The van der Waals surface area contributed by atoms with Crippen LogP contribution in [0, 0.1) is 11.6 Å². The van der Waals surface area contributed by atoms with Gasteiger partial charge in [0.15, 0.2) is 5.82 Å². The molecule has 2 aliphatic rings. The Labute approximate surface area is 172 Å². The molecule has 1 N–H and O–H groups in total. The first-order chi connectivity index (χ1) is 14.6. The summed E-state index contributed by atoms with van der Waals surface area (Å²) >= 11 is 0.